The van der Waals surface area contributed by atoms with Crippen molar-refractivity contribution in [3.8, 4) is 0 Å². The van der Waals surface area contributed by atoms with Crippen molar-refractivity contribution in [2.75, 3.05) is 0 Å². The molecule has 0 fully saturated rings. The number of amides is 1. The Morgan fingerprint density at radius 2 is 2.40 bits per heavy atom. The fourth-order valence-corrected chi connectivity index (χ4v) is 1.25. The van der Waals surface area contributed by atoms with Gasteiger partial charge in [-0.25, -0.2) is 0 Å². The second-order valence-electron chi connectivity index (χ2n) is 3.68. The van der Waals surface area contributed by atoms with E-state index < -0.39 is 5.54 Å². The van der Waals surface area contributed by atoms with E-state index in [9.17, 15) is 4.79 Å². The monoisotopic (exact) mass is 212 g/mol. The smallest absolute Gasteiger partial charge is 0.240 e. The van der Waals surface area contributed by atoms with E-state index in [4.69, 9.17) is 5.73 Å². The molecule has 7 heteroatoms. The lowest BCUT2D eigenvalue weighted by Crippen LogP contribution is -2.51. The summed E-state index contributed by atoms with van der Waals surface area (Å²) in [6.07, 6.45) is 1.51. The minimum Gasteiger partial charge on any atom is -0.347 e. The first-order valence-electron chi connectivity index (χ1n) is 4.85. The molecule has 7 nitrogen and oxygen atoms in total. The number of aromatic amines is 1. The van der Waals surface area contributed by atoms with Crippen LogP contribution in [0.4, 0.5) is 0 Å². The normalized spacial score (nSPS) is 14.6. The summed E-state index contributed by atoms with van der Waals surface area (Å²) in [5, 5.41) is 15.8. The highest BCUT2D eigenvalue weighted by Gasteiger charge is 2.26. The van der Waals surface area contributed by atoms with Gasteiger partial charge in [0, 0.05) is 0 Å². The molecule has 0 spiro atoms. The molecular weight excluding hydrogens is 196 g/mol. The van der Waals surface area contributed by atoms with Gasteiger partial charge in [-0.1, -0.05) is 18.6 Å². The van der Waals surface area contributed by atoms with E-state index in [0.29, 0.717) is 12.2 Å². The first kappa shape index (κ1) is 11.6. The summed E-state index contributed by atoms with van der Waals surface area (Å²) in [7, 11) is 0. The first-order valence-corrected chi connectivity index (χ1v) is 4.85. The number of tetrazole rings is 1. The van der Waals surface area contributed by atoms with Crippen LogP contribution in [0.25, 0.3) is 0 Å². The Kier molecular flexibility index (Phi) is 3.73. The van der Waals surface area contributed by atoms with Crippen molar-refractivity contribution >= 4 is 5.91 Å². The lowest BCUT2D eigenvalue weighted by molar-refractivity contribution is -0.126. The molecule has 1 rings (SSSR count). The van der Waals surface area contributed by atoms with Gasteiger partial charge in [-0.05, 0) is 13.3 Å². The molecule has 84 valence electrons. The third-order valence-electron chi connectivity index (χ3n) is 2.08. The van der Waals surface area contributed by atoms with Crippen molar-refractivity contribution in [2.24, 2.45) is 5.73 Å². The Hall–Kier alpha value is -1.50. The molecule has 0 radical (unpaired) electrons. The third-order valence-corrected chi connectivity index (χ3v) is 2.08. The second kappa shape index (κ2) is 4.83. The molecule has 0 saturated heterocycles. The predicted octanol–water partition coefficient (Wildman–Crippen LogP) is -0.667. The molecule has 1 atom stereocenters. The Morgan fingerprint density at radius 1 is 1.67 bits per heavy atom. The number of hydrogen-bond donors (Lipinski definition) is 3. The standard InChI is InChI=1S/C8H16N6O/c1-3-4-8(2,9)7(15)10-5-6-11-13-14-12-6/h3-5,9H2,1-2H3,(H,10,15)(H,11,12,13,14). The Balaban J connectivity index is 2.42. The summed E-state index contributed by atoms with van der Waals surface area (Å²) in [5.41, 5.74) is 5.00. The third kappa shape index (κ3) is 3.28. The SMILES string of the molecule is CCCC(C)(N)C(=O)NCc1nn[nH]n1. The molecule has 0 bridgehead atoms. The topological polar surface area (TPSA) is 110 Å². The quantitative estimate of drug-likeness (QED) is 0.599. The molecule has 1 unspecified atom stereocenters. The van der Waals surface area contributed by atoms with Gasteiger partial charge in [0.05, 0.1) is 12.1 Å². The molecule has 0 aliphatic carbocycles. The van der Waals surface area contributed by atoms with Crippen LogP contribution in [0.3, 0.4) is 0 Å². The number of aromatic nitrogens is 4. The van der Waals surface area contributed by atoms with Gasteiger partial charge in [-0.3, -0.25) is 4.79 Å². The van der Waals surface area contributed by atoms with Gasteiger partial charge < -0.3 is 11.1 Å². The summed E-state index contributed by atoms with van der Waals surface area (Å²) < 4.78 is 0. The number of nitrogens with two attached hydrogens (primary N) is 1. The van der Waals surface area contributed by atoms with Gasteiger partial charge in [0.25, 0.3) is 0 Å². The number of H-pyrrole nitrogens is 1. The second-order valence-corrected chi connectivity index (χ2v) is 3.68. The lowest BCUT2D eigenvalue weighted by atomic mass is 9.97. The minimum atomic E-state index is -0.835. The van der Waals surface area contributed by atoms with Crippen LogP contribution in [0.1, 0.15) is 32.5 Å². The van der Waals surface area contributed by atoms with Crippen LogP contribution in [0, 0.1) is 0 Å². The van der Waals surface area contributed by atoms with Gasteiger partial charge in [-0.2, -0.15) is 5.21 Å². The fourth-order valence-electron chi connectivity index (χ4n) is 1.25. The molecule has 15 heavy (non-hydrogen) atoms. The maximum Gasteiger partial charge on any atom is 0.240 e. The number of rotatable bonds is 5. The average molecular weight is 212 g/mol. The zero-order valence-electron chi connectivity index (χ0n) is 8.95. The van der Waals surface area contributed by atoms with Crippen molar-refractivity contribution in [3.63, 3.8) is 0 Å². The molecule has 4 N–H and O–H groups in total. The minimum absolute atomic E-state index is 0.200. The lowest BCUT2D eigenvalue weighted by Gasteiger charge is -2.22. The number of nitrogens with zero attached hydrogens (tertiary/aromatic N) is 3. The van der Waals surface area contributed by atoms with Gasteiger partial charge >= 0.3 is 0 Å². The molecule has 1 heterocycles. The molecule has 0 aliphatic heterocycles. The highest BCUT2D eigenvalue weighted by atomic mass is 16.2. The van der Waals surface area contributed by atoms with Crippen LogP contribution in [-0.4, -0.2) is 32.1 Å². The number of carbonyl (C=O) groups is 1. The molecule has 1 aromatic heterocycles. The van der Waals surface area contributed by atoms with E-state index >= 15 is 0 Å². The van der Waals surface area contributed by atoms with Crippen LogP contribution in [-0.2, 0) is 11.3 Å². The summed E-state index contributed by atoms with van der Waals surface area (Å²) in [6.45, 7) is 3.94. The maximum absolute atomic E-state index is 11.6. The van der Waals surface area contributed by atoms with E-state index in [-0.39, 0.29) is 12.5 Å². The molecule has 0 aromatic carbocycles. The average Bonchev–Trinajstić information content (AvgIpc) is 2.66. The van der Waals surface area contributed by atoms with E-state index in [1.54, 1.807) is 6.92 Å². The van der Waals surface area contributed by atoms with Crippen LogP contribution < -0.4 is 11.1 Å². The van der Waals surface area contributed by atoms with Gasteiger partial charge in [0.15, 0.2) is 5.82 Å². The number of hydrogen-bond acceptors (Lipinski definition) is 5. The van der Waals surface area contributed by atoms with E-state index in [2.05, 4.69) is 25.9 Å². The Bertz CT molecular complexity index is 307. The fraction of sp³-hybridized carbons (Fsp3) is 0.750. The van der Waals surface area contributed by atoms with Gasteiger partial charge in [0.2, 0.25) is 5.91 Å². The van der Waals surface area contributed by atoms with E-state index in [0.717, 1.165) is 6.42 Å². The van der Waals surface area contributed by atoms with E-state index in [1.807, 2.05) is 6.92 Å². The Morgan fingerprint density at radius 3 is 2.93 bits per heavy atom. The first-order chi connectivity index (χ1) is 7.06. The van der Waals surface area contributed by atoms with Crippen LogP contribution in [0.15, 0.2) is 0 Å². The maximum atomic E-state index is 11.6. The highest BCUT2D eigenvalue weighted by molar-refractivity contribution is 5.85. The number of nitrogens with one attached hydrogen (secondary N) is 2. The Labute approximate surface area is 87.8 Å². The molecule has 0 aliphatic rings. The van der Waals surface area contributed by atoms with Crippen LogP contribution in [0.5, 0.6) is 0 Å². The van der Waals surface area contributed by atoms with Crippen molar-refractivity contribution in [3.05, 3.63) is 5.82 Å². The van der Waals surface area contributed by atoms with Gasteiger partial charge in [0.1, 0.15) is 0 Å². The largest absolute Gasteiger partial charge is 0.347 e. The summed E-state index contributed by atoms with van der Waals surface area (Å²) in [6, 6.07) is 0. The van der Waals surface area contributed by atoms with Crippen LogP contribution in [0.2, 0.25) is 0 Å². The summed E-state index contributed by atoms with van der Waals surface area (Å²) >= 11 is 0. The molecule has 1 amide bonds. The van der Waals surface area contributed by atoms with Crippen molar-refractivity contribution in [2.45, 2.75) is 38.8 Å². The predicted molar refractivity (Wildman–Crippen MR) is 53.5 cm³/mol. The zero-order valence-corrected chi connectivity index (χ0v) is 8.95. The van der Waals surface area contributed by atoms with Crippen molar-refractivity contribution in [1.82, 2.24) is 25.9 Å². The molecule has 0 saturated carbocycles. The molecule has 1 aromatic rings. The summed E-state index contributed by atoms with van der Waals surface area (Å²) in [5.74, 6) is 0.241. The molecular formula is C8H16N6O. The number of carbonyl (C=O) groups excluding carboxylic acids is 1. The van der Waals surface area contributed by atoms with E-state index in [1.165, 1.54) is 0 Å². The van der Waals surface area contributed by atoms with Gasteiger partial charge in [-0.15, -0.1) is 10.2 Å². The summed E-state index contributed by atoms with van der Waals surface area (Å²) in [4.78, 5) is 11.6. The van der Waals surface area contributed by atoms with Crippen molar-refractivity contribution in [1.29, 1.82) is 0 Å². The van der Waals surface area contributed by atoms with Crippen LogP contribution >= 0.6 is 0 Å². The van der Waals surface area contributed by atoms with Crippen molar-refractivity contribution < 1.29 is 4.79 Å². The highest BCUT2D eigenvalue weighted by Crippen LogP contribution is 2.08. The zero-order chi connectivity index (χ0) is 11.3.